The van der Waals surface area contributed by atoms with Crippen molar-refractivity contribution in [1.82, 2.24) is 15.3 Å². The van der Waals surface area contributed by atoms with Gasteiger partial charge < -0.3 is 10.4 Å². The predicted octanol–water partition coefficient (Wildman–Crippen LogP) is 3.47. The van der Waals surface area contributed by atoms with Gasteiger partial charge in [-0.3, -0.25) is 4.98 Å². The molecule has 1 aromatic carbocycles. The molecule has 0 saturated carbocycles. The van der Waals surface area contributed by atoms with Gasteiger partial charge in [0.15, 0.2) is 0 Å². The number of piperidine rings is 1. The Bertz CT molecular complexity index is 829. The number of pyridine rings is 2. The molecule has 1 aliphatic rings. The van der Waals surface area contributed by atoms with Crippen LogP contribution >= 0.6 is 0 Å². The molecule has 2 unspecified atom stereocenters. The molecular formula is C20H21N3O. The minimum atomic E-state index is -0.534. The van der Waals surface area contributed by atoms with Crippen molar-refractivity contribution >= 4 is 10.9 Å². The maximum atomic E-state index is 11.0. The number of para-hydroxylation sites is 1. The summed E-state index contributed by atoms with van der Waals surface area (Å²) in [5.41, 5.74) is 3.67. The van der Waals surface area contributed by atoms with E-state index in [-0.39, 0.29) is 6.04 Å². The van der Waals surface area contributed by atoms with Crippen molar-refractivity contribution in [1.29, 1.82) is 0 Å². The Morgan fingerprint density at radius 1 is 1.12 bits per heavy atom. The SMILES string of the molecule is OC(c1cc(-c2cccnc2)nc2ccccc12)C1CCCCN1. The van der Waals surface area contributed by atoms with Crippen molar-refractivity contribution in [2.45, 2.75) is 31.4 Å². The van der Waals surface area contributed by atoms with Crippen LogP contribution in [0, 0.1) is 0 Å². The molecule has 0 amide bonds. The highest BCUT2D eigenvalue weighted by molar-refractivity contribution is 5.85. The second kappa shape index (κ2) is 6.67. The number of aromatic nitrogens is 2. The summed E-state index contributed by atoms with van der Waals surface area (Å²) in [6.07, 6.45) is 6.38. The van der Waals surface area contributed by atoms with Crippen LogP contribution in [0.3, 0.4) is 0 Å². The first-order valence-electron chi connectivity index (χ1n) is 8.54. The number of aliphatic hydroxyl groups is 1. The minimum absolute atomic E-state index is 0.103. The monoisotopic (exact) mass is 319 g/mol. The Balaban J connectivity index is 1.83. The van der Waals surface area contributed by atoms with E-state index in [9.17, 15) is 5.11 Å². The van der Waals surface area contributed by atoms with Crippen LogP contribution in [0.2, 0.25) is 0 Å². The van der Waals surface area contributed by atoms with Crippen molar-refractivity contribution in [2.24, 2.45) is 0 Å². The first-order chi connectivity index (χ1) is 11.8. The van der Waals surface area contributed by atoms with E-state index in [2.05, 4.69) is 10.3 Å². The number of benzene rings is 1. The van der Waals surface area contributed by atoms with Crippen molar-refractivity contribution in [3.05, 3.63) is 60.4 Å². The van der Waals surface area contributed by atoms with Gasteiger partial charge in [-0.2, -0.15) is 0 Å². The second-order valence-corrected chi connectivity index (χ2v) is 6.36. The maximum absolute atomic E-state index is 11.0. The first-order valence-corrected chi connectivity index (χ1v) is 8.54. The lowest BCUT2D eigenvalue weighted by Gasteiger charge is -2.29. The molecule has 0 aliphatic carbocycles. The quantitative estimate of drug-likeness (QED) is 0.776. The van der Waals surface area contributed by atoms with Gasteiger partial charge in [-0.1, -0.05) is 24.6 Å². The molecule has 1 aliphatic heterocycles. The summed E-state index contributed by atoms with van der Waals surface area (Å²) in [6.45, 7) is 0.972. The number of hydrogen-bond acceptors (Lipinski definition) is 4. The van der Waals surface area contributed by atoms with Crippen molar-refractivity contribution in [2.75, 3.05) is 6.54 Å². The number of nitrogens with one attached hydrogen (secondary N) is 1. The normalized spacial score (nSPS) is 19.3. The lowest BCUT2D eigenvalue weighted by atomic mass is 9.92. The van der Waals surface area contributed by atoms with E-state index in [0.29, 0.717) is 0 Å². The fourth-order valence-corrected chi connectivity index (χ4v) is 3.47. The van der Waals surface area contributed by atoms with Crippen LogP contribution < -0.4 is 5.32 Å². The Kier molecular flexibility index (Phi) is 4.24. The Morgan fingerprint density at radius 3 is 2.83 bits per heavy atom. The fourth-order valence-electron chi connectivity index (χ4n) is 3.47. The summed E-state index contributed by atoms with van der Waals surface area (Å²) in [6, 6.07) is 14.0. The molecule has 3 aromatic rings. The van der Waals surface area contributed by atoms with Gasteiger partial charge in [0.1, 0.15) is 0 Å². The Labute approximate surface area is 141 Å². The molecule has 0 spiro atoms. The highest BCUT2D eigenvalue weighted by Gasteiger charge is 2.25. The standard InChI is InChI=1S/C20H21N3O/c24-20(18-9-3-4-11-22-18)16-12-19(14-6-5-10-21-13-14)23-17-8-2-1-7-15(16)17/h1-2,5-8,10,12-13,18,20,22,24H,3-4,9,11H2. The molecule has 4 rings (SSSR count). The van der Waals surface area contributed by atoms with Gasteiger partial charge in [0.05, 0.1) is 17.3 Å². The van der Waals surface area contributed by atoms with Crippen LogP contribution in [-0.2, 0) is 0 Å². The number of aliphatic hydroxyl groups excluding tert-OH is 1. The van der Waals surface area contributed by atoms with Gasteiger partial charge in [0, 0.05) is 29.4 Å². The van der Waals surface area contributed by atoms with E-state index < -0.39 is 6.10 Å². The van der Waals surface area contributed by atoms with Gasteiger partial charge in [-0.15, -0.1) is 0 Å². The van der Waals surface area contributed by atoms with E-state index >= 15 is 0 Å². The van der Waals surface area contributed by atoms with Crippen LogP contribution in [-0.4, -0.2) is 27.7 Å². The minimum Gasteiger partial charge on any atom is -0.387 e. The lowest BCUT2D eigenvalue weighted by Crippen LogP contribution is -2.38. The fraction of sp³-hybridized carbons (Fsp3) is 0.300. The summed E-state index contributed by atoms with van der Waals surface area (Å²) < 4.78 is 0. The molecule has 2 aromatic heterocycles. The van der Waals surface area contributed by atoms with Crippen LogP contribution in [0.15, 0.2) is 54.9 Å². The average molecular weight is 319 g/mol. The molecule has 3 heterocycles. The molecule has 4 nitrogen and oxygen atoms in total. The zero-order valence-corrected chi connectivity index (χ0v) is 13.5. The van der Waals surface area contributed by atoms with Gasteiger partial charge in [-0.05, 0) is 49.2 Å². The second-order valence-electron chi connectivity index (χ2n) is 6.36. The van der Waals surface area contributed by atoms with Gasteiger partial charge in [0.2, 0.25) is 0 Å². The zero-order chi connectivity index (χ0) is 16.4. The van der Waals surface area contributed by atoms with Gasteiger partial charge in [0.25, 0.3) is 0 Å². The molecule has 0 radical (unpaired) electrons. The largest absolute Gasteiger partial charge is 0.387 e. The molecule has 1 fully saturated rings. The summed E-state index contributed by atoms with van der Waals surface area (Å²) in [5.74, 6) is 0. The third-order valence-electron chi connectivity index (χ3n) is 4.75. The number of rotatable bonds is 3. The van der Waals surface area contributed by atoms with E-state index in [1.165, 1.54) is 6.42 Å². The molecule has 0 bridgehead atoms. The summed E-state index contributed by atoms with van der Waals surface area (Å²) in [4.78, 5) is 8.95. The molecule has 122 valence electrons. The van der Waals surface area contributed by atoms with E-state index in [0.717, 1.165) is 47.1 Å². The maximum Gasteiger partial charge on any atom is 0.0950 e. The van der Waals surface area contributed by atoms with Crippen molar-refractivity contribution in [3.8, 4) is 11.3 Å². The van der Waals surface area contributed by atoms with E-state index in [1.54, 1.807) is 6.20 Å². The number of hydrogen-bond donors (Lipinski definition) is 2. The van der Waals surface area contributed by atoms with Gasteiger partial charge >= 0.3 is 0 Å². The first kappa shape index (κ1) is 15.2. The molecule has 2 atom stereocenters. The average Bonchev–Trinajstić information content (AvgIpc) is 2.68. The predicted molar refractivity (Wildman–Crippen MR) is 95.6 cm³/mol. The van der Waals surface area contributed by atoms with E-state index in [1.807, 2.05) is 48.7 Å². The van der Waals surface area contributed by atoms with Crippen LogP contribution in [0.1, 0.15) is 30.9 Å². The van der Waals surface area contributed by atoms with Crippen molar-refractivity contribution in [3.63, 3.8) is 0 Å². The highest BCUT2D eigenvalue weighted by atomic mass is 16.3. The van der Waals surface area contributed by atoms with Crippen LogP contribution in [0.4, 0.5) is 0 Å². The topological polar surface area (TPSA) is 58.0 Å². The smallest absolute Gasteiger partial charge is 0.0950 e. The van der Waals surface area contributed by atoms with E-state index in [4.69, 9.17) is 4.98 Å². The molecule has 2 N–H and O–H groups in total. The lowest BCUT2D eigenvalue weighted by molar-refractivity contribution is 0.115. The molecule has 1 saturated heterocycles. The molecule has 24 heavy (non-hydrogen) atoms. The Hall–Kier alpha value is -2.30. The van der Waals surface area contributed by atoms with Crippen LogP contribution in [0.25, 0.3) is 22.2 Å². The summed E-state index contributed by atoms with van der Waals surface area (Å²) in [7, 11) is 0. The Morgan fingerprint density at radius 2 is 2.04 bits per heavy atom. The zero-order valence-electron chi connectivity index (χ0n) is 13.5. The van der Waals surface area contributed by atoms with Crippen LogP contribution in [0.5, 0.6) is 0 Å². The highest BCUT2D eigenvalue weighted by Crippen LogP contribution is 2.31. The van der Waals surface area contributed by atoms with Gasteiger partial charge in [-0.25, -0.2) is 4.98 Å². The molecular weight excluding hydrogens is 298 g/mol. The third kappa shape index (κ3) is 2.90. The summed E-state index contributed by atoms with van der Waals surface area (Å²) >= 11 is 0. The molecule has 4 heteroatoms. The van der Waals surface area contributed by atoms with Crippen molar-refractivity contribution < 1.29 is 5.11 Å². The summed E-state index contributed by atoms with van der Waals surface area (Å²) in [5, 5.41) is 15.5. The number of fused-ring (bicyclic) bond motifs is 1. The third-order valence-corrected chi connectivity index (χ3v) is 4.75. The number of nitrogens with zero attached hydrogens (tertiary/aromatic N) is 2.